The third-order valence-corrected chi connectivity index (χ3v) is 4.79. The van der Waals surface area contributed by atoms with Gasteiger partial charge in [0, 0.05) is 23.2 Å². The van der Waals surface area contributed by atoms with Crippen LogP contribution in [0, 0.1) is 9.39 Å². The van der Waals surface area contributed by atoms with Crippen LogP contribution in [0.15, 0.2) is 18.2 Å². The minimum atomic E-state index is -0.304. The van der Waals surface area contributed by atoms with E-state index >= 15 is 0 Å². The number of benzene rings is 1. The standard InChI is InChI=1S/C15H20FIN2O/c1-3-19-8-4-5-12(19)10-18(2)15(20)13-7-6-11(16)9-14(13)17/h6-7,9,12H,3-5,8,10H2,1-2H3. The maximum atomic E-state index is 13.1. The van der Waals surface area contributed by atoms with E-state index in [2.05, 4.69) is 11.8 Å². The van der Waals surface area contributed by atoms with Crippen LogP contribution >= 0.6 is 22.6 Å². The second kappa shape index (κ2) is 6.85. The van der Waals surface area contributed by atoms with E-state index in [0.717, 1.165) is 26.1 Å². The summed E-state index contributed by atoms with van der Waals surface area (Å²) in [4.78, 5) is 16.6. The highest BCUT2D eigenvalue weighted by atomic mass is 127. The highest BCUT2D eigenvalue weighted by molar-refractivity contribution is 14.1. The first-order valence-corrected chi connectivity index (χ1v) is 8.05. The Morgan fingerprint density at radius 1 is 1.55 bits per heavy atom. The SMILES string of the molecule is CCN1CCCC1CN(C)C(=O)c1ccc(F)cc1I. The van der Waals surface area contributed by atoms with E-state index in [4.69, 9.17) is 0 Å². The Morgan fingerprint density at radius 3 is 2.95 bits per heavy atom. The Balaban J connectivity index is 2.05. The predicted octanol–water partition coefficient (Wildman–Crippen LogP) is 2.99. The number of carbonyl (C=O) groups excluding carboxylic acids is 1. The third kappa shape index (κ3) is 3.49. The van der Waals surface area contributed by atoms with Gasteiger partial charge in [-0.3, -0.25) is 9.69 Å². The lowest BCUT2D eigenvalue weighted by atomic mass is 10.1. The molecule has 20 heavy (non-hydrogen) atoms. The second-order valence-corrected chi connectivity index (χ2v) is 6.40. The van der Waals surface area contributed by atoms with Crippen LogP contribution in [-0.4, -0.2) is 48.4 Å². The Labute approximate surface area is 133 Å². The van der Waals surface area contributed by atoms with E-state index in [1.54, 1.807) is 11.0 Å². The van der Waals surface area contributed by atoms with Crippen LogP contribution in [0.4, 0.5) is 4.39 Å². The Bertz CT molecular complexity index is 495. The molecule has 1 amide bonds. The summed E-state index contributed by atoms with van der Waals surface area (Å²) in [5, 5.41) is 0. The Kier molecular flexibility index (Phi) is 5.37. The van der Waals surface area contributed by atoms with Crippen molar-refractivity contribution in [3.8, 4) is 0 Å². The van der Waals surface area contributed by atoms with Crippen molar-refractivity contribution in [2.75, 3.05) is 26.7 Å². The maximum absolute atomic E-state index is 13.1. The lowest BCUT2D eigenvalue weighted by Gasteiger charge is -2.28. The molecule has 2 rings (SSSR count). The molecule has 1 aliphatic rings. The maximum Gasteiger partial charge on any atom is 0.254 e. The van der Waals surface area contributed by atoms with Crippen LogP contribution < -0.4 is 0 Å². The summed E-state index contributed by atoms with van der Waals surface area (Å²) < 4.78 is 13.8. The summed E-state index contributed by atoms with van der Waals surface area (Å²) >= 11 is 2.01. The van der Waals surface area contributed by atoms with Crippen LogP contribution in [0.1, 0.15) is 30.1 Å². The third-order valence-electron chi connectivity index (χ3n) is 3.90. The number of rotatable bonds is 4. The summed E-state index contributed by atoms with van der Waals surface area (Å²) in [5.74, 6) is -0.334. The zero-order valence-electron chi connectivity index (χ0n) is 11.9. The molecular formula is C15H20FIN2O. The van der Waals surface area contributed by atoms with E-state index in [-0.39, 0.29) is 11.7 Å². The molecule has 0 spiro atoms. The van der Waals surface area contributed by atoms with Crippen molar-refractivity contribution in [1.29, 1.82) is 0 Å². The first-order valence-electron chi connectivity index (χ1n) is 6.97. The van der Waals surface area contributed by atoms with E-state index in [0.29, 0.717) is 15.2 Å². The van der Waals surface area contributed by atoms with E-state index in [1.165, 1.54) is 18.6 Å². The van der Waals surface area contributed by atoms with Gasteiger partial charge in [0.15, 0.2) is 0 Å². The molecule has 1 fully saturated rings. The average Bonchev–Trinajstić information content (AvgIpc) is 2.85. The molecule has 5 heteroatoms. The summed E-state index contributed by atoms with van der Waals surface area (Å²) in [6.07, 6.45) is 2.35. The molecule has 1 unspecified atom stereocenters. The normalized spacial score (nSPS) is 19.3. The van der Waals surface area contributed by atoms with E-state index in [1.807, 2.05) is 29.6 Å². The minimum Gasteiger partial charge on any atom is -0.340 e. The number of likely N-dealkylation sites (tertiary alicyclic amines) is 1. The fourth-order valence-corrected chi connectivity index (χ4v) is 3.49. The molecule has 3 nitrogen and oxygen atoms in total. The van der Waals surface area contributed by atoms with Gasteiger partial charge in [0.2, 0.25) is 0 Å². The van der Waals surface area contributed by atoms with Crippen LogP contribution in [0.25, 0.3) is 0 Å². The zero-order valence-corrected chi connectivity index (χ0v) is 14.1. The largest absolute Gasteiger partial charge is 0.340 e. The van der Waals surface area contributed by atoms with Crippen LogP contribution in [0.5, 0.6) is 0 Å². The Morgan fingerprint density at radius 2 is 2.30 bits per heavy atom. The van der Waals surface area contributed by atoms with Crippen molar-refractivity contribution in [3.63, 3.8) is 0 Å². The van der Waals surface area contributed by atoms with Crippen LogP contribution in [0.3, 0.4) is 0 Å². The first-order chi connectivity index (χ1) is 9.52. The molecule has 0 aliphatic carbocycles. The van der Waals surface area contributed by atoms with Gasteiger partial charge in [0.1, 0.15) is 5.82 Å². The Hall–Kier alpha value is -0.690. The van der Waals surface area contributed by atoms with Gasteiger partial charge in [-0.2, -0.15) is 0 Å². The molecule has 0 bridgehead atoms. The average molecular weight is 390 g/mol. The second-order valence-electron chi connectivity index (χ2n) is 5.23. The van der Waals surface area contributed by atoms with Crippen LogP contribution in [0.2, 0.25) is 0 Å². The molecule has 0 saturated carbocycles. The topological polar surface area (TPSA) is 23.6 Å². The highest BCUT2D eigenvalue weighted by Crippen LogP contribution is 2.20. The van der Waals surface area contributed by atoms with Gasteiger partial charge >= 0.3 is 0 Å². The summed E-state index contributed by atoms with van der Waals surface area (Å²) in [6.45, 7) is 5.04. The van der Waals surface area contributed by atoms with Crippen molar-refractivity contribution >= 4 is 28.5 Å². The van der Waals surface area contributed by atoms with Gasteiger partial charge in [-0.15, -0.1) is 0 Å². The molecule has 110 valence electrons. The van der Waals surface area contributed by atoms with Gasteiger partial charge < -0.3 is 4.90 Å². The molecule has 1 atom stereocenters. The van der Waals surface area contributed by atoms with Gasteiger partial charge in [-0.25, -0.2) is 4.39 Å². The number of likely N-dealkylation sites (N-methyl/N-ethyl adjacent to an activating group) is 2. The summed E-state index contributed by atoms with van der Waals surface area (Å²) in [6, 6.07) is 4.77. The lowest BCUT2D eigenvalue weighted by Crippen LogP contribution is -2.41. The molecule has 1 aliphatic heterocycles. The van der Waals surface area contributed by atoms with E-state index in [9.17, 15) is 9.18 Å². The summed E-state index contributed by atoms with van der Waals surface area (Å²) in [5.41, 5.74) is 0.579. The molecular weight excluding hydrogens is 370 g/mol. The minimum absolute atomic E-state index is 0.0302. The molecule has 1 aromatic carbocycles. The monoisotopic (exact) mass is 390 g/mol. The van der Waals surface area contributed by atoms with Crippen molar-refractivity contribution in [2.45, 2.75) is 25.8 Å². The quantitative estimate of drug-likeness (QED) is 0.739. The van der Waals surface area contributed by atoms with Crippen molar-refractivity contribution in [1.82, 2.24) is 9.80 Å². The van der Waals surface area contributed by atoms with Crippen LogP contribution in [-0.2, 0) is 0 Å². The van der Waals surface area contributed by atoms with Gasteiger partial charge in [0.05, 0.1) is 5.56 Å². The number of nitrogens with zero attached hydrogens (tertiary/aromatic N) is 2. The number of carbonyl (C=O) groups is 1. The predicted molar refractivity (Wildman–Crippen MR) is 86.3 cm³/mol. The molecule has 0 radical (unpaired) electrons. The van der Waals surface area contributed by atoms with Gasteiger partial charge in [0.25, 0.3) is 5.91 Å². The highest BCUT2D eigenvalue weighted by Gasteiger charge is 2.26. The van der Waals surface area contributed by atoms with Crippen molar-refractivity contribution in [2.24, 2.45) is 0 Å². The number of halogens is 2. The molecule has 1 heterocycles. The van der Waals surface area contributed by atoms with Crippen molar-refractivity contribution < 1.29 is 9.18 Å². The molecule has 1 saturated heterocycles. The zero-order chi connectivity index (χ0) is 14.7. The lowest BCUT2D eigenvalue weighted by molar-refractivity contribution is 0.0753. The number of hydrogen-bond donors (Lipinski definition) is 0. The smallest absolute Gasteiger partial charge is 0.254 e. The van der Waals surface area contributed by atoms with Gasteiger partial charge in [-0.1, -0.05) is 6.92 Å². The van der Waals surface area contributed by atoms with Gasteiger partial charge in [-0.05, 0) is 66.7 Å². The van der Waals surface area contributed by atoms with Crippen molar-refractivity contribution in [3.05, 3.63) is 33.1 Å². The first kappa shape index (κ1) is 15.7. The molecule has 0 aromatic heterocycles. The fourth-order valence-electron chi connectivity index (χ4n) is 2.79. The van der Waals surface area contributed by atoms with E-state index < -0.39 is 0 Å². The fraction of sp³-hybridized carbons (Fsp3) is 0.533. The molecule has 0 N–H and O–H groups in total. The number of hydrogen-bond acceptors (Lipinski definition) is 2. The molecule has 1 aromatic rings. The summed E-state index contributed by atoms with van der Waals surface area (Å²) in [7, 11) is 1.83. The number of amides is 1.